The molecule has 4 rings (SSSR count). The smallest absolute Gasteiger partial charge is 0.410 e. The van der Waals surface area contributed by atoms with E-state index in [0.29, 0.717) is 36.4 Å². The second-order valence-electron chi connectivity index (χ2n) is 10.4. The number of amides is 2. The van der Waals surface area contributed by atoms with Crippen molar-refractivity contribution in [1.82, 2.24) is 4.90 Å². The number of hydrogen-bond acceptors (Lipinski definition) is 4. The van der Waals surface area contributed by atoms with E-state index in [-0.39, 0.29) is 19.5 Å². The van der Waals surface area contributed by atoms with E-state index in [4.69, 9.17) is 4.74 Å². The minimum Gasteiger partial charge on any atom is -0.444 e. The third kappa shape index (κ3) is 6.10. The van der Waals surface area contributed by atoms with Crippen LogP contribution in [0.15, 0.2) is 72.8 Å². The predicted molar refractivity (Wildman–Crippen MR) is 148 cm³/mol. The van der Waals surface area contributed by atoms with Gasteiger partial charge in [-0.3, -0.25) is 4.79 Å². The highest BCUT2D eigenvalue weighted by molar-refractivity contribution is 6.06. The van der Waals surface area contributed by atoms with E-state index in [2.05, 4.69) is 0 Å². The first-order valence-electron chi connectivity index (χ1n) is 12.5. The summed E-state index contributed by atoms with van der Waals surface area (Å²) in [7, 11) is 3.36. The van der Waals surface area contributed by atoms with Crippen molar-refractivity contribution >= 4 is 23.4 Å². The molecule has 1 saturated heterocycles. The lowest BCUT2D eigenvalue weighted by Crippen LogP contribution is -2.42. The first-order valence-corrected chi connectivity index (χ1v) is 12.5. The van der Waals surface area contributed by atoms with Crippen LogP contribution in [0.1, 0.15) is 39.0 Å². The molecule has 7 heteroatoms. The number of anilines is 2. The van der Waals surface area contributed by atoms with E-state index < -0.39 is 11.4 Å². The van der Waals surface area contributed by atoms with Crippen molar-refractivity contribution in [3.63, 3.8) is 0 Å². The van der Waals surface area contributed by atoms with Gasteiger partial charge in [0, 0.05) is 39.9 Å². The Hall–Kier alpha value is -3.87. The number of halogens is 1. The van der Waals surface area contributed by atoms with Crippen LogP contribution in [-0.2, 0) is 4.74 Å². The molecule has 196 valence electrons. The molecule has 1 unspecified atom stereocenters. The Kier molecular flexibility index (Phi) is 7.52. The second-order valence-corrected chi connectivity index (χ2v) is 10.4. The Bertz CT molecular complexity index is 1260. The Balaban J connectivity index is 0.00000400. The second kappa shape index (κ2) is 10.6. The molecular weight excluding hydrogens is 469 g/mol. The van der Waals surface area contributed by atoms with E-state index >= 15 is 4.39 Å². The minimum atomic E-state index is -0.570. The zero-order valence-electron chi connectivity index (χ0n) is 22.1. The average molecular weight is 506 g/mol. The maximum Gasteiger partial charge on any atom is 0.410 e. The molecule has 0 spiro atoms. The summed E-state index contributed by atoms with van der Waals surface area (Å²) in [6, 6.07) is 22.1. The van der Waals surface area contributed by atoms with Gasteiger partial charge in [-0.05, 0) is 68.7 Å². The molecule has 1 heterocycles. The van der Waals surface area contributed by atoms with E-state index in [9.17, 15) is 9.59 Å². The van der Waals surface area contributed by atoms with Crippen molar-refractivity contribution < 1.29 is 20.1 Å². The Morgan fingerprint density at radius 1 is 0.973 bits per heavy atom. The highest BCUT2D eigenvalue weighted by Crippen LogP contribution is 2.30. The van der Waals surface area contributed by atoms with E-state index in [1.54, 1.807) is 43.3 Å². The van der Waals surface area contributed by atoms with Gasteiger partial charge in [0.2, 0.25) is 0 Å². The molecule has 1 aliphatic heterocycles. The van der Waals surface area contributed by atoms with Crippen LogP contribution >= 0.6 is 0 Å². The summed E-state index contributed by atoms with van der Waals surface area (Å²) in [5, 5.41) is 0. The molecule has 0 radical (unpaired) electrons. The zero-order chi connectivity index (χ0) is 26.7. The molecule has 0 aliphatic carbocycles. The lowest BCUT2D eigenvalue weighted by atomic mass is 10.0. The van der Waals surface area contributed by atoms with Gasteiger partial charge in [0.1, 0.15) is 11.4 Å². The number of carbonyl (C=O) groups is 2. The molecule has 37 heavy (non-hydrogen) atoms. The molecular formula is C30H36FN3O3. The Morgan fingerprint density at radius 3 is 2.24 bits per heavy atom. The number of nitrogens with zero attached hydrogens (tertiary/aromatic N) is 3. The normalized spacial score (nSPS) is 15.4. The topological polar surface area (TPSA) is 53.1 Å². The van der Waals surface area contributed by atoms with Gasteiger partial charge in [0.25, 0.3) is 5.91 Å². The predicted octanol–water partition coefficient (Wildman–Crippen LogP) is 6.46. The lowest BCUT2D eigenvalue weighted by Gasteiger charge is -2.29. The van der Waals surface area contributed by atoms with E-state index in [1.807, 2.05) is 68.1 Å². The Morgan fingerprint density at radius 2 is 1.62 bits per heavy atom. The minimum absolute atomic E-state index is 0. The summed E-state index contributed by atoms with van der Waals surface area (Å²) in [6.45, 7) is 6.62. The fourth-order valence-corrected chi connectivity index (χ4v) is 4.47. The Labute approximate surface area is 219 Å². The van der Waals surface area contributed by atoms with Crippen LogP contribution in [0.3, 0.4) is 0 Å². The molecule has 0 aromatic heterocycles. The van der Waals surface area contributed by atoms with Gasteiger partial charge in [0.05, 0.1) is 11.7 Å². The van der Waals surface area contributed by atoms with Gasteiger partial charge >= 0.3 is 6.09 Å². The number of rotatable bonds is 5. The maximum absolute atomic E-state index is 15.2. The van der Waals surface area contributed by atoms with Crippen LogP contribution in [0.4, 0.5) is 20.6 Å². The monoisotopic (exact) mass is 505 g/mol. The first kappa shape index (κ1) is 26.2. The van der Waals surface area contributed by atoms with Crippen LogP contribution in [0, 0.1) is 5.82 Å². The number of benzene rings is 3. The standard InChI is InChI=1S/C30H34FN3O3.H2/c1-30(2,3)37-29(36)33(5)25-17-18-34(20-25)27-16-15-24(19-26(27)31)32(4)28(35)23-13-11-22(12-14-23)21-9-7-6-8-10-21;/h6-16,19,25H,17-18,20H2,1-5H3;1H. The summed E-state index contributed by atoms with van der Waals surface area (Å²) in [5.74, 6) is -0.621. The highest BCUT2D eigenvalue weighted by atomic mass is 19.1. The maximum atomic E-state index is 15.2. The highest BCUT2D eigenvalue weighted by Gasteiger charge is 2.32. The van der Waals surface area contributed by atoms with Crippen LogP contribution in [0.25, 0.3) is 11.1 Å². The SMILES string of the molecule is CN(C(=O)c1ccc(-c2ccccc2)cc1)c1ccc(N2CCC(N(C)C(=O)OC(C)(C)C)C2)c(F)c1.[HH]. The summed E-state index contributed by atoms with van der Waals surface area (Å²) in [5.41, 5.74) is 2.99. The molecule has 0 saturated carbocycles. The fourth-order valence-electron chi connectivity index (χ4n) is 4.47. The third-order valence-electron chi connectivity index (χ3n) is 6.60. The van der Waals surface area contributed by atoms with Gasteiger partial charge in [0.15, 0.2) is 0 Å². The summed E-state index contributed by atoms with van der Waals surface area (Å²) in [4.78, 5) is 30.5. The van der Waals surface area contributed by atoms with Crippen molar-refractivity contribution in [3.05, 3.63) is 84.2 Å². The van der Waals surface area contributed by atoms with Gasteiger partial charge in [-0.15, -0.1) is 0 Å². The van der Waals surface area contributed by atoms with Crippen molar-refractivity contribution in [1.29, 1.82) is 0 Å². The summed E-state index contributed by atoms with van der Waals surface area (Å²) in [6.07, 6.45) is 0.334. The third-order valence-corrected chi connectivity index (χ3v) is 6.60. The number of carbonyl (C=O) groups excluding carboxylic acids is 2. The van der Waals surface area contributed by atoms with E-state index in [1.165, 1.54) is 11.0 Å². The molecule has 1 fully saturated rings. The van der Waals surface area contributed by atoms with Crippen molar-refractivity contribution in [2.24, 2.45) is 0 Å². The van der Waals surface area contributed by atoms with Gasteiger partial charge < -0.3 is 19.4 Å². The zero-order valence-corrected chi connectivity index (χ0v) is 22.1. The number of likely N-dealkylation sites (N-methyl/N-ethyl adjacent to an activating group) is 1. The van der Waals surface area contributed by atoms with Crippen LogP contribution < -0.4 is 9.80 Å². The van der Waals surface area contributed by atoms with Crippen LogP contribution in [0.2, 0.25) is 0 Å². The average Bonchev–Trinajstić information content (AvgIpc) is 3.37. The number of hydrogen-bond donors (Lipinski definition) is 0. The summed E-state index contributed by atoms with van der Waals surface area (Å²) >= 11 is 0. The first-order chi connectivity index (χ1) is 17.5. The largest absolute Gasteiger partial charge is 0.444 e. The van der Waals surface area contributed by atoms with Crippen LogP contribution in [0.5, 0.6) is 0 Å². The van der Waals surface area contributed by atoms with Crippen molar-refractivity contribution in [3.8, 4) is 11.1 Å². The molecule has 3 aromatic carbocycles. The molecule has 0 bridgehead atoms. The van der Waals surface area contributed by atoms with E-state index in [0.717, 1.165) is 11.1 Å². The molecule has 0 N–H and O–H groups in total. The summed E-state index contributed by atoms with van der Waals surface area (Å²) < 4.78 is 20.7. The van der Waals surface area contributed by atoms with Crippen molar-refractivity contribution in [2.45, 2.75) is 38.8 Å². The van der Waals surface area contributed by atoms with Gasteiger partial charge in [-0.1, -0.05) is 42.5 Å². The quantitative estimate of drug-likeness (QED) is 0.399. The van der Waals surface area contributed by atoms with Gasteiger partial charge in [-0.25, -0.2) is 9.18 Å². The van der Waals surface area contributed by atoms with Gasteiger partial charge in [-0.2, -0.15) is 0 Å². The van der Waals surface area contributed by atoms with Crippen molar-refractivity contribution in [2.75, 3.05) is 37.0 Å². The fraction of sp³-hybridized carbons (Fsp3) is 0.333. The molecule has 1 atom stereocenters. The molecule has 2 amide bonds. The van der Waals surface area contributed by atoms with Crippen LogP contribution in [-0.4, -0.2) is 55.7 Å². The molecule has 1 aliphatic rings. The lowest BCUT2D eigenvalue weighted by molar-refractivity contribution is 0.0237. The number of ether oxygens (including phenoxy) is 1. The molecule has 3 aromatic rings. The molecule has 6 nitrogen and oxygen atoms in total.